The number of benzene rings is 1. The van der Waals surface area contributed by atoms with E-state index in [-0.39, 0.29) is 17.5 Å². The fourth-order valence-corrected chi connectivity index (χ4v) is 2.61. The molecule has 1 aliphatic heterocycles. The standard InChI is InChI=1S/C15H22FN3O/c1-10(2)8-19-6-5-12(9-19)18-15(20)13-4-3-11(17)7-14(13)16/h3-4,7,10,12H,5-6,8-9,17H2,1-2H3,(H,18,20)/t12-/m1/s1. The molecule has 0 aromatic heterocycles. The summed E-state index contributed by atoms with van der Waals surface area (Å²) in [6.45, 7) is 7.20. The van der Waals surface area contributed by atoms with E-state index in [2.05, 4.69) is 24.1 Å². The fraction of sp³-hybridized carbons (Fsp3) is 0.533. The van der Waals surface area contributed by atoms with Crippen molar-refractivity contribution in [3.8, 4) is 0 Å². The molecule has 1 amide bonds. The zero-order valence-electron chi connectivity index (χ0n) is 12.0. The molecule has 0 aliphatic carbocycles. The predicted octanol–water partition coefficient (Wildman–Crippen LogP) is 1.87. The lowest BCUT2D eigenvalue weighted by Gasteiger charge is -2.18. The number of nitrogen functional groups attached to an aromatic ring is 1. The van der Waals surface area contributed by atoms with Crippen LogP contribution in [-0.2, 0) is 0 Å². The Morgan fingerprint density at radius 3 is 2.95 bits per heavy atom. The zero-order chi connectivity index (χ0) is 14.7. The summed E-state index contributed by atoms with van der Waals surface area (Å²) in [5.74, 6) is -0.322. The first-order valence-corrected chi connectivity index (χ1v) is 7.04. The van der Waals surface area contributed by atoms with Gasteiger partial charge in [-0.2, -0.15) is 0 Å². The van der Waals surface area contributed by atoms with Gasteiger partial charge in [0.05, 0.1) is 5.56 Å². The number of nitrogens with one attached hydrogen (secondary N) is 1. The zero-order valence-corrected chi connectivity index (χ0v) is 12.0. The molecular weight excluding hydrogens is 257 g/mol. The molecule has 0 unspecified atom stereocenters. The van der Waals surface area contributed by atoms with Crippen LogP contribution in [0, 0.1) is 11.7 Å². The Labute approximate surface area is 119 Å². The molecule has 0 radical (unpaired) electrons. The third kappa shape index (κ3) is 3.70. The van der Waals surface area contributed by atoms with E-state index in [1.165, 1.54) is 18.2 Å². The van der Waals surface area contributed by atoms with Crippen LogP contribution < -0.4 is 11.1 Å². The van der Waals surface area contributed by atoms with E-state index in [1.54, 1.807) is 0 Å². The van der Waals surface area contributed by atoms with Gasteiger partial charge in [0.1, 0.15) is 5.82 Å². The first kappa shape index (κ1) is 14.8. The molecule has 1 atom stereocenters. The maximum Gasteiger partial charge on any atom is 0.254 e. The van der Waals surface area contributed by atoms with Gasteiger partial charge >= 0.3 is 0 Å². The Hall–Kier alpha value is -1.62. The molecule has 1 aromatic rings. The number of carbonyl (C=O) groups excluding carboxylic acids is 1. The van der Waals surface area contributed by atoms with Crippen molar-refractivity contribution in [2.75, 3.05) is 25.4 Å². The van der Waals surface area contributed by atoms with Crippen LogP contribution in [0.15, 0.2) is 18.2 Å². The van der Waals surface area contributed by atoms with E-state index in [0.717, 1.165) is 26.1 Å². The maximum absolute atomic E-state index is 13.7. The van der Waals surface area contributed by atoms with Crippen LogP contribution in [0.25, 0.3) is 0 Å². The van der Waals surface area contributed by atoms with Gasteiger partial charge in [-0.3, -0.25) is 4.79 Å². The monoisotopic (exact) mass is 279 g/mol. The summed E-state index contributed by atoms with van der Waals surface area (Å²) in [5, 5.41) is 2.90. The van der Waals surface area contributed by atoms with Crippen LogP contribution in [0.2, 0.25) is 0 Å². The van der Waals surface area contributed by atoms with Gasteiger partial charge in [-0.05, 0) is 30.5 Å². The van der Waals surface area contributed by atoms with Crippen LogP contribution in [0.5, 0.6) is 0 Å². The summed E-state index contributed by atoms with van der Waals surface area (Å²) in [6.07, 6.45) is 0.912. The largest absolute Gasteiger partial charge is 0.399 e. The SMILES string of the molecule is CC(C)CN1CC[C@@H](NC(=O)c2ccc(N)cc2F)C1. The summed E-state index contributed by atoms with van der Waals surface area (Å²) >= 11 is 0. The number of anilines is 1. The molecule has 0 saturated carbocycles. The number of amides is 1. The van der Waals surface area contributed by atoms with E-state index in [9.17, 15) is 9.18 Å². The van der Waals surface area contributed by atoms with Crippen molar-refractivity contribution in [3.05, 3.63) is 29.6 Å². The lowest BCUT2D eigenvalue weighted by atomic mass is 10.1. The highest BCUT2D eigenvalue weighted by molar-refractivity contribution is 5.95. The number of hydrogen-bond acceptors (Lipinski definition) is 3. The van der Waals surface area contributed by atoms with Crippen molar-refractivity contribution in [3.63, 3.8) is 0 Å². The normalized spacial score (nSPS) is 19.5. The molecular formula is C15H22FN3O. The molecule has 5 heteroatoms. The Balaban J connectivity index is 1.92. The first-order valence-electron chi connectivity index (χ1n) is 7.04. The van der Waals surface area contributed by atoms with Crippen molar-refractivity contribution in [2.45, 2.75) is 26.3 Å². The lowest BCUT2D eigenvalue weighted by Crippen LogP contribution is -2.38. The highest BCUT2D eigenvalue weighted by Crippen LogP contribution is 2.15. The van der Waals surface area contributed by atoms with Crippen molar-refractivity contribution < 1.29 is 9.18 Å². The van der Waals surface area contributed by atoms with Gasteiger partial charge in [-0.15, -0.1) is 0 Å². The molecule has 1 aliphatic rings. The number of likely N-dealkylation sites (tertiary alicyclic amines) is 1. The van der Waals surface area contributed by atoms with Gasteiger partial charge in [0.25, 0.3) is 5.91 Å². The number of nitrogens with zero attached hydrogens (tertiary/aromatic N) is 1. The van der Waals surface area contributed by atoms with Crippen LogP contribution >= 0.6 is 0 Å². The van der Waals surface area contributed by atoms with Crippen molar-refractivity contribution in [1.82, 2.24) is 10.2 Å². The average Bonchev–Trinajstić information content (AvgIpc) is 2.75. The smallest absolute Gasteiger partial charge is 0.254 e. The molecule has 110 valence electrons. The number of rotatable bonds is 4. The molecule has 1 fully saturated rings. The van der Waals surface area contributed by atoms with Gasteiger partial charge in [-0.25, -0.2) is 4.39 Å². The fourth-order valence-electron chi connectivity index (χ4n) is 2.61. The molecule has 3 N–H and O–H groups in total. The Bertz CT molecular complexity index is 490. The molecule has 4 nitrogen and oxygen atoms in total. The van der Waals surface area contributed by atoms with Gasteiger partial charge in [0.15, 0.2) is 0 Å². The molecule has 20 heavy (non-hydrogen) atoms. The Kier molecular flexibility index (Phi) is 4.60. The summed E-state index contributed by atoms with van der Waals surface area (Å²) in [6, 6.07) is 4.24. The third-order valence-corrected chi connectivity index (χ3v) is 3.47. The second kappa shape index (κ2) is 6.22. The van der Waals surface area contributed by atoms with Crippen LogP contribution in [0.1, 0.15) is 30.6 Å². The van der Waals surface area contributed by atoms with Crippen LogP contribution in [0.3, 0.4) is 0 Å². The second-order valence-electron chi connectivity index (χ2n) is 5.85. The van der Waals surface area contributed by atoms with E-state index in [1.807, 2.05) is 0 Å². The summed E-state index contributed by atoms with van der Waals surface area (Å²) in [7, 11) is 0. The minimum Gasteiger partial charge on any atom is -0.399 e. The molecule has 2 rings (SSSR count). The summed E-state index contributed by atoms with van der Waals surface area (Å²) < 4.78 is 13.7. The number of hydrogen-bond donors (Lipinski definition) is 2. The van der Waals surface area contributed by atoms with Crippen molar-refractivity contribution >= 4 is 11.6 Å². The van der Waals surface area contributed by atoms with Gasteiger partial charge < -0.3 is 16.0 Å². The average molecular weight is 279 g/mol. The van der Waals surface area contributed by atoms with Gasteiger partial charge in [-0.1, -0.05) is 13.8 Å². The molecule has 0 bridgehead atoms. The van der Waals surface area contributed by atoms with Gasteiger partial charge in [0, 0.05) is 31.4 Å². The predicted molar refractivity (Wildman–Crippen MR) is 78.0 cm³/mol. The molecule has 0 spiro atoms. The van der Waals surface area contributed by atoms with Gasteiger partial charge in [0.2, 0.25) is 0 Å². The molecule has 1 heterocycles. The first-order chi connectivity index (χ1) is 9.45. The summed E-state index contributed by atoms with van der Waals surface area (Å²) in [4.78, 5) is 14.4. The molecule has 1 saturated heterocycles. The van der Waals surface area contributed by atoms with Crippen molar-refractivity contribution in [2.24, 2.45) is 5.92 Å². The van der Waals surface area contributed by atoms with E-state index >= 15 is 0 Å². The Morgan fingerprint density at radius 2 is 2.30 bits per heavy atom. The summed E-state index contributed by atoms with van der Waals surface area (Å²) in [5.41, 5.74) is 5.86. The number of carbonyl (C=O) groups is 1. The quantitative estimate of drug-likeness (QED) is 0.827. The minimum absolute atomic E-state index is 0.0570. The second-order valence-corrected chi connectivity index (χ2v) is 5.85. The van der Waals surface area contributed by atoms with E-state index in [0.29, 0.717) is 11.6 Å². The van der Waals surface area contributed by atoms with Crippen LogP contribution in [0.4, 0.5) is 10.1 Å². The molecule has 1 aromatic carbocycles. The highest BCUT2D eigenvalue weighted by Gasteiger charge is 2.25. The Morgan fingerprint density at radius 1 is 1.55 bits per heavy atom. The lowest BCUT2D eigenvalue weighted by molar-refractivity contribution is 0.0933. The van der Waals surface area contributed by atoms with Crippen molar-refractivity contribution in [1.29, 1.82) is 0 Å². The maximum atomic E-state index is 13.7. The topological polar surface area (TPSA) is 58.4 Å². The third-order valence-electron chi connectivity index (χ3n) is 3.47. The minimum atomic E-state index is -0.570. The number of halogens is 1. The van der Waals surface area contributed by atoms with Crippen LogP contribution in [-0.4, -0.2) is 36.5 Å². The van der Waals surface area contributed by atoms with E-state index in [4.69, 9.17) is 5.73 Å². The number of nitrogens with two attached hydrogens (primary N) is 1. The highest BCUT2D eigenvalue weighted by atomic mass is 19.1. The van der Waals surface area contributed by atoms with E-state index < -0.39 is 5.82 Å².